The van der Waals surface area contributed by atoms with E-state index < -0.39 is 15.8 Å². The summed E-state index contributed by atoms with van der Waals surface area (Å²) in [5.74, 6) is -0.634. The van der Waals surface area contributed by atoms with Crippen LogP contribution < -0.4 is 0 Å². The van der Waals surface area contributed by atoms with Crippen LogP contribution in [0, 0.1) is 0 Å². The molecule has 1 aromatic rings. The number of carbonyl (C=O) groups is 2. The first-order valence-corrected chi connectivity index (χ1v) is 10.6. The van der Waals surface area contributed by atoms with Gasteiger partial charge in [-0.25, -0.2) is 8.42 Å². The highest BCUT2D eigenvalue weighted by atomic mass is 32.2. The lowest BCUT2D eigenvalue weighted by atomic mass is 10.0. The van der Waals surface area contributed by atoms with Gasteiger partial charge in [0.15, 0.2) is 15.6 Å². The number of ketones is 1. The minimum absolute atomic E-state index is 0.0190. The molecule has 0 saturated carbocycles. The largest absolute Gasteiger partial charge is 0.481 e. The summed E-state index contributed by atoms with van der Waals surface area (Å²) in [7, 11) is -3.12. The molecule has 2 heterocycles. The van der Waals surface area contributed by atoms with E-state index in [2.05, 4.69) is 4.90 Å². The van der Waals surface area contributed by atoms with E-state index in [0.717, 1.165) is 5.56 Å². The van der Waals surface area contributed by atoms with Gasteiger partial charge in [0.2, 0.25) is 0 Å². The number of fused-ring (bicyclic) bond motifs is 1. The fourth-order valence-corrected chi connectivity index (χ4v) is 5.93. The Kier molecular flexibility index (Phi) is 5.45. The summed E-state index contributed by atoms with van der Waals surface area (Å²) < 4.78 is 24.4. The number of benzene rings is 1. The molecule has 1 N–H and O–H groups in total. The summed E-state index contributed by atoms with van der Waals surface area (Å²) in [5.41, 5.74) is 1.70. The average Bonchev–Trinajstić information content (AvgIpc) is 2.90. The van der Waals surface area contributed by atoms with Crippen molar-refractivity contribution >= 4 is 21.6 Å². The standard InChI is InChI=1S/C18H24N2O5S/c1-13(21)15-4-2-14(3-5-15)10-20-9-8-19(7-6-18(22)23)16-11-26(24,25)12-17(16)20/h2-5,16-17H,6-12H2,1H3,(H,22,23)/t16-,17+/m1/s1. The van der Waals surface area contributed by atoms with Crippen LogP contribution in [0.5, 0.6) is 0 Å². The van der Waals surface area contributed by atoms with Crippen LogP contribution >= 0.6 is 0 Å². The summed E-state index contributed by atoms with van der Waals surface area (Å²) in [6.45, 7) is 3.90. The maximum Gasteiger partial charge on any atom is 0.304 e. The van der Waals surface area contributed by atoms with E-state index in [-0.39, 0.29) is 35.8 Å². The number of rotatable bonds is 6. The fourth-order valence-electron chi connectivity index (χ4n) is 3.89. The molecule has 2 atom stereocenters. The summed E-state index contributed by atoms with van der Waals surface area (Å²) >= 11 is 0. The molecular formula is C18H24N2O5S. The van der Waals surface area contributed by atoms with Crippen molar-refractivity contribution in [3.63, 3.8) is 0 Å². The normalized spacial score (nSPS) is 25.7. The third-order valence-electron chi connectivity index (χ3n) is 5.27. The highest BCUT2D eigenvalue weighted by molar-refractivity contribution is 7.91. The zero-order valence-electron chi connectivity index (χ0n) is 14.8. The lowest BCUT2D eigenvalue weighted by molar-refractivity contribution is -0.137. The predicted molar refractivity (Wildman–Crippen MR) is 96.9 cm³/mol. The Labute approximate surface area is 153 Å². The maximum absolute atomic E-state index is 12.2. The maximum atomic E-state index is 12.2. The number of aliphatic carboxylic acids is 1. The molecule has 0 amide bonds. The van der Waals surface area contributed by atoms with E-state index in [1.165, 1.54) is 6.92 Å². The van der Waals surface area contributed by atoms with Crippen molar-refractivity contribution < 1.29 is 23.1 Å². The minimum atomic E-state index is -3.12. The molecule has 2 aliphatic rings. The number of hydrogen-bond donors (Lipinski definition) is 1. The van der Waals surface area contributed by atoms with Gasteiger partial charge < -0.3 is 5.11 Å². The molecule has 0 spiro atoms. The first-order valence-electron chi connectivity index (χ1n) is 8.75. The lowest BCUT2D eigenvalue weighted by Crippen LogP contribution is -2.58. The molecule has 26 heavy (non-hydrogen) atoms. The van der Waals surface area contributed by atoms with Crippen molar-refractivity contribution in [3.05, 3.63) is 35.4 Å². The average molecular weight is 380 g/mol. The van der Waals surface area contributed by atoms with E-state index in [1.54, 1.807) is 12.1 Å². The number of hydrogen-bond acceptors (Lipinski definition) is 6. The Bertz CT molecular complexity index is 790. The fraction of sp³-hybridized carbons (Fsp3) is 0.556. The van der Waals surface area contributed by atoms with Crippen molar-refractivity contribution in [1.82, 2.24) is 9.80 Å². The van der Waals surface area contributed by atoms with Crippen molar-refractivity contribution in [2.75, 3.05) is 31.1 Å². The molecule has 0 aliphatic carbocycles. The van der Waals surface area contributed by atoms with Gasteiger partial charge in [-0.1, -0.05) is 24.3 Å². The number of Topliss-reactive ketones (excluding diaryl/α,β-unsaturated/α-hetero) is 1. The molecule has 0 aromatic heterocycles. The van der Waals surface area contributed by atoms with E-state index in [1.807, 2.05) is 17.0 Å². The van der Waals surface area contributed by atoms with Gasteiger partial charge in [-0.15, -0.1) is 0 Å². The molecule has 8 heteroatoms. The van der Waals surface area contributed by atoms with Crippen molar-refractivity contribution in [2.45, 2.75) is 32.0 Å². The molecule has 2 aliphatic heterocycles. The molecule has 0 radical (unpaired) electrons. The Hall–Kier alpha value is -1.77. The van der Waals surface area contributed by atoms with Gasteiger partial charge in [-0.05, 0) is 12.5 Å². The number of carboxylic acid groups (broad SMARTS) is 1. The van der Waals surface area contributed by atoms with E-state index in [0.29, 0.717) is 31.7 Å². The van der Waals surface area contributed by atoms with Gasteiger partial charge in [0, 0.05) is 43.8 Å². The Morgan fingerprint density at radius 1 is 1.08 bits per heavy atom. The monoisotopic (exact) mass is 380 g/mol. The number of sulfone groups is 1. The number of piperazine rings is 1. The molecular weight excluding hydrogens is 356 g/mol. The highest BCUT2D eigenvalue weighted by Gasteiger charge is 2.46. The molecule has 0 bridgehead atoms. The van der Waals surface area contributed by atoms with Crippen molar-refractivity contribution in [3.8, 4) is 0 Å². The quantitative estimate of drug-likeness (QED) is 0.724. The Morgan fingerprint density at radius 2 is 1.65 bits per heavy atom. The summed E-state index contributed by atoms with van der Waals surface area (Å²) in [4.78, 5) is 26.4. The SMILES string of the molecule is CC(=O)c1ccc(CN2CCN(CCC(=O)O)[C@@H]3CS(=O)(=O)C[C@@H]32)cc1. The second-order valence-electron chi connectivity index (χ2n) is 7.11. The van der Waals surface area contributed by atoms with Crippen LogP contribution in [0.25, 0.3) is 0 Å². The zero-order chi connectivity index (χ0) is 18.9. The molecule has 2 saturated heterocycles. The van der Waals surface area contributed by atoms with E-state index >= 15 is 0 Å². The van der Waals surface area contributed by atoms with Gasteiger partial charge in [0.1, 0.15) is 0 Å². The first kappa shape index (κ1) is 19.0. The zero-order valence-corrected chi connectivity index (χ0v) is 15.6. The van der Waals surface area contributed by atoms with Crippen LogP contribution in [-0.2, 0) is 21.2 Å². The van der Waals surface area contributed by atoms with E-state index in [9.17, 15) is 18.0 Å². The van der Waals surface area contributed by atoms with Crippen LogP contribution in [0.1, 0.15) is 29.3 Å². The minimum Gasteiger partial charge on any atom is -0.481 e. The third-order valence-corrected chi connectivity index (χ3v) is 6.96. The lowest BCUT2D eigenvalue weighted by Gasteiger charge is -2.43. The summed E-state index contributed by atoms with van der Waals surface area (Å²) in [6, 6.07) is 7.14. The number of carboxylic acids is 1. The van der Waals surface area contributed by atoms with Crippen molar-refractivity contribution in [1.29, 1.82) is 0 Å². The van der Waals surface area contributed by atoms with Gasteiger partial charge in [0.25, 0.3) is 0 Å². The predicted octanol–water partition coefficient (Wildman–Crippen LogP) is 0.647. The highest BCUT2D eigenvalue weighted by Crippen LogP contribution is 2.28. The second-order valence-corrected chi connectivity index (χ2v) is 9.27. The van der Waals surface area contributed by atoms with Crippen LogP contribution in [-0.4, -0.2) is 78.3 Å². The van der Waals surface area contributed by atoms with Gasteiger partial charge in [-0.2, -0.15) is 0 Å². The topological polar surface area (TPSA) is 95.0 Å². The van der Waals surface area contributed by atoms with Crippen molar-refractivity contribution in [2.24, 2.45) is 0 Å². The molecule has 142 valence electrons. The Morgan fingerprint density at radius 3 is 2.23 bits per heavy atom. The number of carbonyl (C=O) groups excluding carboxylic acids is 1. The Balaban J connectivity index is 1.73. The number of nitrogens with zero attached hydrogens (tertiary/aromatic N) is 2. The smallest absolute Gasteiger partial charge is 0.304 e. The van der Waals surface area contributed by atoms with Crippen LogP contribution in [0.15, 0.2) is 24.3 Å². The van der Waals surface area contributed by atoms with Gasteiger partial charge in [0.05, 0.1) is 17.9 Å². The third kappa shape index (κ3) is 4.31. The molecule has 2 fully saturated rings. The second kappa shape index (κ2) is 7.46. The molecule has 7 nitrogen and oxygen atoms in total. The van der Waals surface area contributed by atoms with Crippen LogP contribution in [0.2, 0.25) is 0 Å². The molecule has 3 rings (SSSR count). The van der Waals surface area contributed by atoms with E-state index in [4.69, 9.17) is 5.11 Å². The molecule has 1 aromatic carbocycles. The summed E-state index contributed by atoms with van der Waals surface area (Å²) in [5, 5.41) is 8.92. The van der Waals surface area contributed by atoms with Gasteiger partial charge in [-0.3, -0.25) is 19.4 Å². The first-order chi connectivity index (χ1) is 12.2. The molecule has 0 unspecified atom stereocenters. The summed E-state index contributed by atoms with van der Waals surface area (Å²) in [6.07, 6.45) is 0.0236. The van der Waals surface area contributed by atoms with Crippen LogP contribution in [0.3, 0.4) is 0 Å². The van der Waals surface area contributed by atoms with Gasteiger partial charge >= 0.3 is 5.97 Å². The van der Waals surface area contributed by atoms with Crippen LogP contribution in [0.4, 0.5) is 0 Å².